The molecule has 0 radical (unpaired) electrons. The number of nitrogens with two attached hydrogens (primary N) is 1. The fraction of sp³-hybridized carbons (Fsp3) is 0.300. The van der Waals surface area contributed by atoms with Crippen LogP contribution in [0.2, 0.25) is 0 Å². The maximum Gasteiger partial charge on any atom is 0.191 e. The molecule has 27 heavy (non-hydrogen) atoms. The van der Waals surface area contributed by atoms with Gasteiger partial charge in [-0.2, -0.15) is 0 Å². The molecule has 3 aromatic rings. The first-order chi connectivity index (χ1) is 13.1. The number of rotatable bonds is 3. The van der Waals surface area contributed by atoms with Gasteiger partial charge in [-0.15, -0.1) is 0 Å². The van der Waals surface area contributed by atoms with E-state index in [0.717, 1.165) is 48.7 Å². The number of aromatic nitrogens is 2. The largest absolute Gasteiger partial charge is 0.370 e. The highest BCUT2D eigenvalue weighted by atomic mass is 19.1. The Balaban J connectivity index is 1.39. The zero-order valence-electron chi connectivity index (χ0n) is 15.3. The molecule has 0 saturated carbocycles. The summed E-state index contributed by atoms with van der Waals surface area (Å²) in [6.45, 7) is 3.68. The van der Waals surface area contributed by atoms with Gasteiger partial charge in [0.2, 0.25) is 0 Å². The number of aliphatic imine (C=N–C) groups is 1. The lowest BCUT2D eigenvalue weighted by atomic mass is 10.2. The summed E-state index contributed by atoms with van der Waals surface area (Å²) in [7, 11) is 2.00. The van der Waals surface area contributed by atoms with E-state index in [4.69, 9.17) is 5.73 Å². The highest BCUT2D eigenvalue weighted by Gasteiger charge is 2.18. The number of nitrogens with zero attached hydrogens (tertiary/aromatic N) is 5. The lowest BCUT2D eigenvalue weighted by Gasteiger charge is -2.36. The molecule has 0 aliphatic carbocycles. The fourth-order valence-electron chi connectivity index (χ4n) is 3.43. The van der Waals surface area contributed by atoms with Crippen LogP contribution in [0.5, 0.6) is 0 Å². The van der Waals surface area contributed by atoms with Crippen molar-refractivity contribution in [3.63, 3.8) is 0 Å². The number of fused-ring (bicyclic) bond motifs is 1. The van der Waals surface area contributed by atoms with Gasteiger partial charge in [-0.25, -0.2) is 14.4 Å². The topological polar surface area (TPSA) is 62.7 Å². The van der Waals surface area contributed by atoms with E-state index in [0.29, 0.717) is 12.5 Å². The van der Waals surface area contributed by atoms with E-state index in [-0.39, 0.29) is 5.82 Å². The van der Waals surface area contributed by atoms with Crippen molar-refractivity contribution in [1.29, 1.82) is 0 Å². The van der Waals surface area contributed by atoms with E-state index in [1.165, 1.54) is 12.1 Å². The Morgan fingerprint density at radius 1 is 1.07 bits per heavy atom. The summed E-state index contributed by atoms with van der Waals surface area (Å²) in [5.41, 5.74) is 9.31. The molecule has 0 unspecified atom stereocenters. The van der Waals surface area contributed by atoms with Gasteiger partial charge in [-0.05, 0) is 36.4 Å². The fourth-order valence-corrected chi connectivity index (χ4v) is 3.43. The Kier molecular flexibility index (Phi) is 4.66. The van der Waals surface area contributed by atoms with E-state index in [2.05, 4.69) is 24.3 Å². The van der Waals surface area contributed by atoms with Crippen molar-refractivity contribution in [2.24, 2.45) is 17.8 Å². The Bertz CT molecular complexity index is 954. The molecule has 0 bridgehead atoms. The third-order valence-electron chi connectivity index (χ3n) is 5.06. The van der Waals surface area contributed by atoms with Gasteiger partial charge < -0.3 is 20.1 Å². The molecule has 1 aliphatic heterocycles. The Morgan fingerprint density at radius 3 is 2.48 bits per heavy atom. The van der Waals surface area contributed by atoms with Gasteiger partial charge in [-0.3, -0.25) is 0 Å². The van der Waals surface area contributed by atoms with Crippen LogP contribution in [0.25, 0.3) is 11.0 Å². The molecule has 1 aliphatic rings. The molecule has 140 valence electrons. The summed E-state index contributed by atoms with van der Waals surface area (Å²) in [6.07, 6.45) is 0. The van der Waals surface area contributed by atoms with Crippen LogP contribution in [0.3, 0.4) is 0 Å². The van der Waals surface area contributed by atoms with Crippen LogP contribution in [0, 0.1) is 5.82 Å². The molecule has 1 fully saturated rings. The Morgan fingerprint density at radius 2 is 1.78 bits per heavy atom. The highest BCUT2D eigenvalue weighted by Crippen LogP contribution is 2.17. The monoisotopic (exact) mass is 366 g/mol. The van der Waals surface area contributed by atoms with Crippen LogP contribution in [0.15, 0.2) is 53.5 Å². The molecule has 0 atom stereocenters. The van der Waals surface area contributed by atoms with Crippen molar-refractivity contribution in [3.8, 4) is 0 Å². The first kappa shape index (κ1) is 17.3. The lowest BCUT2D eigenvalue weighted by Crippen LogP contribution is -2.51. The van der Waals surface area contributed by atoms with Crippen molar-refractivity contribution in [2.45, 2.75) is 6.54 Å². The molecule has 1 aromatic heterocycles. The predicted molar refractivity (Wildman–Crippen MR) is 106 cm³/mol. The molecule has 2 heterocycles. The molecule has 1 saturated heterocycles. The number of halogens is 1. The van der Waals surface area contributed by atoms with Crippen LogP contribution in [-0.2, 0) is 13.6 Å². The molecule has 6 nitrogen and oxygen atoms in total. The number of guanidine groups is 1. The number of piperazine rings is 1. The third-order valence-corrected chi connectivity index (χ3v) is 5.06. The molecule has 4 rings (SSSR count). The van der Waals surface area contributed by atoms with E-state index >= 15 is 0 Å². The van der Waals surface area contributed by atoms with Gasteiger partial charge in [0.05, 0.1) is 11.0 Å². The van der Waals surface area contributed by atoms with Crippen LogP contribution in [0.1, 0.15) is 5.82 Å². The summed E-state index contributed by atoms with van der Waals surface area (Å²) < 4.78 is 15.1. The van der Waals surface area contributed by atoms with Crippen molar-refractivity contribution in [3.05, 3.63) is 60.2 Å². The summed E-state index contributed by atoms with van der Waals surface area (Å²) in [4.78, 5) is 13.5. The van der Waals surface area contributed by atoms with Crippen LogP contribution in [-0.4, -0.2) is 46.6 Å². The van der Waals surface area contributed by atoms with Gasteiger partial charge in [0.25, 0.3) is 0 Å². The molecule has 2 N–H and O–H groups in total. The SMILES string of the molecule is Cn1c(CN=C(N)N2CCN(c3ccc(F)cc3)CC2)nc2ccccc21. The lowest BCUT2D eigenvalue weighted by molar-refractivity contribution is 0.380. The van der Waals surface area contributed by atoms with Gasteiger partial charge >= 0.3 is 0 Å². The summed E-state index contributed by atoms with van der Waals surface area (Å²) >= 11 is 0. The minimum atomic E-state index is -0.212. The van der Waals surface area contributed by atoms with E-state index < -0.39 is 0 Å². The maximum atomic E-state index is 13.1. The van der Waals surface area contributed by atoms with E-state index in [9.17, 15) is 4.39 Å². The predicted octanol–water partition coefficient (Wildman–Crippen LogP) is 2.35. The number of para-hydroxylation sites is 2. The number of imidazole rings is 1. The zero-order valence-corrected chi connectivity index (χ0v) is 15.3. The zero-order chi connectivity index (χ0) is 18.8. The first-order valence-electron chi connectivity index (χ1n) is 9.07. The van der Waals surface area contributed by atoms with Gasteiger partial charge in [0.15, 0.2) is 5.96 Å². The average Bonchev–Trinajstić information content (AvgIpc) is 3.03. The molecule has 7 heteroatoms. The Hall–Kier alpha value is -3.09. The van der Waals surface area contributed by atoms with Crippen LogP contribution >= 0.6 is 0 Å². The number of benzene rings is 2. The first-order valence-corrected chi connectivity index (χ1v) is 9.07. The number of hydrogen-bond acceptors (Lipinski definition) is 3. The second kappa shape index (κ2) is 7.26. The van der Waals surface area contributed by atoms with E-state index in [1.807, 2.05) is 43.4 Å². The Labute approximate surface area is 157 Å². The summed E-state index contributed by atoms with van der Waals surface area (Å²) in [5, 5.41) is 0. The second-order valence-corrected chi connectivity index (χ2v) is 6.70. The van der Waals surface area contributed by atoms with Crippen molar-refractivity contribution in [2.75, 3.05) is 31.1 Å². The molecule has 2 aromatic carbocycles. The third kappa shape index (κ3) is 3.58. The van der Waals surface area contributed by atoms with Crippen molar-refractivity contribution in [1.82, 2.24) is 14.5 Å². The van der Waals surface area contributed by atoms with Crippen LogP contribution < -0.4 is 10.6 Å². The van der Waals surface area contributed by atoms with Crippen molar-refractivity contribution >= 4 is 22.7 Å². The minimum absolute atomic E-state index is 0.212. The smallest absolute Gasteiger partial charge is 0.191 e. The van der Waals surface area contributed by atoms with E-state index in [1.54, 1.807) is 0 Å². The molecule has 0 spiro atoms. The van der Waals surface area contributed by atoms with Crippen molar-refractivity contribution < 1.29 is 4.39 Å². The summed E-state index contributed by atoms with van der Waals surface area (Å²) in [5.74, 6) is 1.22. The number of aryl methyl sites for hydroxylation is 1. The second-order valence-electron chi connectivity index (χ2n) is 6.70. The quantitative estimate of drug-likeness (QED) is 0.571. The van der Waals surface area contributed by atoms with Gasteiger partial charge in [0.1, 0.15) is 18.2 Å². The molecule has 0 amide bonds. The van der Waals surface area contributed by atoms with Gasteiger partial charge in [-0.1, -0.05) is 12.1 Å². The molecular weight excluding hydrogens is 343 g/mol. The highest BCUT2D eigenvalue weighted by molar-refractivity contribution is 5.79. The molecular formula is C20H23FN6. The number of anilines is 1. The number of hydrogen-bond donors (Lipinski definition) is 1. The standard InChI is InChI=1S/C20H23FN6/c1-25-18-5-3-2-4-17(18)24-19(25)14-23-20(22)27-12-10-26(11-13-27)16-8-6-15(21)7-9-16/h2-9H,10-14H2,1H3,(H2,22,23). The van der Waals surface area contributed by atoms with Crippen LogP contribution in [0.4, 0.5) is 10.1 Å². The average molecular weight is 366 g/mol. The summed E-state index contributed by atoms with van der Waals surface area (Å²) in [6, 6.07) is 14.7. The maximum absolute atomic E-state index is 13.1. The van der Waals surface area contributed by atoms with Gasteiger partial charge in [0, 0.05) is 38.9 Å². The minimum Gasteiger partial charge on any atom is -0.370 e. The normalized spacial score (nSPS) is 15.6.